The van der Waals surface area contributed by atoms with Crippen molar-refractivity contribution in [1.82, 2.24) is 19.5 Å². The molecule has 0 bridgehead atoms. The lowest BCUT2D eigenvalue weighted by molar-refractivity contribution is 0.389. The van der Waals surface area contributed by atoms with Gasteiger partial charge in [0.1, 0.15) is 10.6 Å². The highest BCUT2D eigenvalue weighted by Gasteiger charge is 2.39. The average Bonchev–Trinajstić information content (AvgIpc) is 3.35. The summed E-state index contributed by atoms with van der Waals surface area (Å²) >= 11 is 0. The van der Waals surface area contributed by atoms with Gasteiger partial charge in [0.2, 0.25) is 10.0 Å². The van der Waals surface area contributed by atoms with Crippen LogP contribution >= 0.6 is 0 Å². The van der Waals surface area contributed by atoms with Crippen molar-refractivity contribution >= 4 is 10.0 Å². The number of methoxy groups -OCH3 is 1. The molecule has 1 fully saturated rings. The summed E-state index contributed by atoms with van der Waals surface area (Å²) in [5.74, 6) is 0.795. The number of aromatic nitrogens is 3. The molecule has 0 amide bonds. The summed E-state index contributed by atoms with van der Waals surface area (Å²) < 4.78 is 33.7. The van der Waals surface area contributed by atoms with Gasteiger partial charge in [0.15, 0.2) is 0 Å². The number of nitrogens with zero attached hydrogens (tertiary/aromatic N) is 3. The third-order valence-corrected chi connectivity index (χ3v) is 7.74. The SMILES string of the molecule is COc1ccc(-c2cc(C)nc(C3CCCN3S(=O)(=O)c3c(C)n[nH]c3C)c2)cc1. The smallest absolute Gasteiger partial charge is 0.247 e. The molecule has 2 aromatic heterocycles. The Morgan fingerprint density at radius 3 is 2.47 bits per heavy atom. The van der Waals surface area contributed by atoms with E-state index in [-0.39, 0.29) is 10.9 Å². The zero-order valence-electron chi connectivity index (χ0n) is 17.6. The van der Waals surface area contributed by atoms with Crippen LogP contribution < -0.4 is 4.74 Å². The number of H-pyrrole nitrogens is 1. The molecule has 8 heteroatoms. The summed E-state index contributed by atoms with van der Waals surface area (Å²) in [5.41, 5.74) is 4.75. The van der Waals surface area contributed by atoms with Gasteiger partial charge in [-0.3, -0.25) is 10.1 Å². The van der Waals surface area contributed by atoms with Crippen LogP contribution in [0.5, 0.6) is 5.75 Å². The van der Waals surface area contributed by atoms with Crippen LogP contribution in [-0.4, -0.2) is 41.6 Å². The van der Waals surface area contributed by atoms with Gasteiger partial charge in [-0.15, -0.1) is 0 Å². The minimum Gasteiger partial charge on any atom is -0.497 e. The first-order valence-electron chi connectivity index (χ1n) is 9.97. The largest absolute Gasteiger partial charge is 0.497 e. The van der Waals surface area contributed by atoms with E-state index in [1.807, 2.05) is 43.3 Å². The summed E-state index contributed by atoms with van der Waals surface area (Å²) in [4.78, 5) is 4.99. The fourth-order valence-electron chi connectivity index (χ4n) is 4.18. The van der Waals surface area contributed by atoms with Crippen LogP contribution in [0, 0.1) is 20.8 Å². The molecule has 1 atom stereocenters. The maximum absolute atomic E-state index is 13.5. The van der Waals surface area contributed by atoms with Gasteiger partial charge in [0.25, 0.3) is 0 Å². The monoisotopic (exact) mass is 426 g/mol. The predicted octanol–water partition coefficient (Wildman–Crippen LogP) is 3.93. The molecule has 1 saturated heterocycles. The quantitative estimate of drug-likeness (QED) is 0.668. The molecule has 3 aromatic rings. The van der Waals surface area contributed by atoms with Crippen LogP contribution in [0.25, 0.3) is 11.1 Å². The number of hydrogen-bond acceptors (Lipinski definition) is 5. The van der Waals surface area contributed by atoms with Crippen molar-refractivity contribution in [3.63, 3.8) is 0 Å². The molecule has 1 aliphatic heterocycles. The van der Waals surface area contributed by atoms with Crippen molar-refractivity contribution in [1.29, 1.82) is 0 Å². The predicted molar refractivity (Wildman–Crippen MR) is 115 cm³/mol. The molecule has 3 heterocycles. The number of aryl methyl sites for hydroxylation is 3. The lowest BCUT2D eigenvalue weighted by Gasteiger charge is -2.24. The van der Waals surface area contributed by atoms with Crippen LogP contribution in [0.2, 0.25) is 0 Å². The third-order valence-electron chi connectivity index (χ3n) is 5.57. The molecule has 7 nitrogen and oxygen atoms in total. The number of ether oxygens (including phenoxy) is 1. The maximum Gasteiger partial charge on any atom is 0.247 e. The number of aromatic amines is 1. The molecule has 1 N–H and O–H groups in total. The minimum absolute atomic E-state index is 0.275. The third kappa shape index (κ3) is 3.61. The van der Waals surface area contributed by atoms with E-state index in [0.717, 1.165) is 41.1 Å². The first kappa shape index (κ1) is 20.6. The normalized spacial score (nSPS) is 17.4. The van der Waals surface area contributed by atoms with Gasteiger partial charge in [-0.2, -0.15) is 9.40 Å². The first-order chi connectivity index (χ1) is 14.3. The Bertz CT molecular complexity index is 1150. The molecular weight excluding hydrogens is 400 g/mol. The van der Waals surface area contributed by atoms with Crippen molar-refractivity contribution in [2.45, 2.75) is 44.6 Å². The molecule has 1 aromatic carbocycles. The van der Waals surface area contributed by atoms with E-state index in [4.69, 9.17) is 9.72 Å². The molecule has 30 heavy (non-hydrogen) atoms. The maximum atomic E-state index is 13.5. The van der Waals surface area contributed by atoms with E-state index in [0.29, 0.717) is 17.9 Å². The van der Waals surface area contributed by atoms with Crippen molar-refractivity contribution in [3.8, 4) is 16.9 Å². The number of rotatable bonds is 5. The van der Waals surface area contributed by atoms with E-state index in [9.17, 15) is 8.42 Å². The van der Waals surface area contributed by atoms with E-state index in [2.05, 4.69) is 10.2 Å². The average molecular weight is 427 g/mol. The number of hydrogen-bond donors (Lipinski definition) is 1. The van der Waals surface area contributed by atoms with Crippen molar-refractivity contribution in [3.05, 3.63) is 59.2 Å². The van der Waals surface area contributed by atoms with E-state index in [1.54, 1.807) is 25.3 Å². The molecule has 0 radical (unpaired) electrons. The number of benzene rings is 1. The van der Waals surface area contributed by atoms with Crippen molar-refractivity contribution < 1.29 is 13.2 Å². The van der Waals surface area contributed by atoms with Crippen LogP contribution in [0.3, 0.4) is 0 Å². The first-order valence-corrected chi connectivity index (χ1v) is 11.4. The Morgan fingerprint density at radius 2 is 1.83 bits per heavy atom. The zero-order chi connectivity index (χ0) is 21.5. The fourth-order valence-corrected chi connectivity index (χ4v) is 6.18. The molecule has 158 valence electrons. The lowest BCUT2D eigenvalue weighted by Crippen LogP contribution is -2.31. The van der Waals surface area contributed by atoms with Crippen LogP contribution in [0.15, 0.2) is 41.3 Å². The highest BCUT2D eigenvalue weighted by molar-refractivity contribution is 7.89. The molecule has 0 aliphatic carbocycles. The second-order valence-electron chi connectivity index (χ2n) is 7.69. The van der Waals surface area contributed by atoms with E-state index in [1.165, 1.54) is 0 Å². The van der Waals surface area contributed by atoms with Crippen LogP contribution in [0.1, 0.15) is 41.7 Å². The zero-order valence-corrected chi connectivity index (χ0v) is 18.5. The number of pyridine rings is 1. The summed E-state index contributed by atoms with van der Waals surface area (Å²) in [5, 5.41) is 6.87. The Kier molecular flexibility index (Phi) is 5.38. The molecule has 1 unspecified atom stereocenters. The number of nitrogens with one attached hydrogen (secondary N) is 1. The Labute approximate surface area is 177 Å². The number of sulfonamides is 1. The van der Waals surface area contributed by atoms with Gasteiger partial charge in [0.05, 0.1) is 30.2 Å². The fraction of sp³-hybridized carbons (Fsp3) is 0.364. The topological polar surface area (TPSA) is 88.2 Å². The second-order valence-corrected chi connectivity index (χ2v) is 9.51. The summed E-state index contributed by atoms with van der Waals surface area (Å²) in [7, 11) is -2.03. The molecular formula is C22H26N4O3S. The minimum atomic E-state index is -3.67. The summed E-state index contributed by atoms with van der Waals surface area (Å²) in [6.45, 7) is 5.87. The molecule has 0 spiro atoms. The van der Waals surface area contributed by atoms with Gasteiger partial charge in [-0.25, -0.2) is 8.42 Å². The Hall–Kier alpha value is -2.71. The van der Waals surface area contributed by atoms with Crippen molar-refractivity contribution in [2.24, 2.45) is 0 Å². The van der Waals surface area contributed by atoms with Gasteiger partial charge in [0, 0.05) is 12.2 Å². The van der Waals surface area contributed by atoms with Crippen molar-refractivity contribution in [2.75, 3.05) is 13.7 Å². The van der Waals surface area contributed by atoms with Gasteiger partial charge < -0.3 is 4.74 Å². The summed E-state index contributed by atoms with van der Waals surface area (Å²) in [6, 6.07) is 11.6. The van der Waals surface area contributed by atoms with E-state index >= 15 is 0 Å². The van der Waals surface area contributed by atoms with Gasteiger partial charge in [-0.05, 0) is 69.0 Å². The Morgan fingerprint density at radius 1 is 1.10 bits per heavy atom. The molecule has 4 rings (SSSR count). The van der Waals surface area contributed by atoms with E-state index < -0.39 is 10.0 Å². The highest BCUT2D eigenvalue weighted by atomic mass is 32.2. The second kappa shape index (κ2) is 7.85. The van der Waals surface area contributed by atoms with Crippen LogP contribution in [0.4, 0.5) is 0 Å². The Balaban J connectivity index is 1.73. The standard InChI is InChI=1S/C22H26N4O3S/c1-14-12-18(17-7-9-19(29-4)10-8-17)13-20(23-14)21-6-5-11-26(21)30(27,28)22-15(2)24-25-16(22)3/h7-10,12-13,21H,5-6,11H2,1-4H3,(H,24,25). The summed E-state index contributed by atoms with van der Waals surface area (Å²) in [6.07, 6.45) is 1.54. The van der Waals surface area contributed by atoms with Gasteiger partial charge >= 0.3 is 0 Å². The lowest BCUT2D eigenvalue weighted by atomic mass is 10.0. The molecule has 0 saturated carbocycles. The highest BCUT2D eigenvalue weighted by Crippen LogP contribution is 2.38. The van der Waals surface area contributed by atoms with Crippen LogP contribution in [-0.2, 0) is 10.0 Å². The molecule has 1 aliphatic rings. The van der Waals surface area contributed by atoms with Gasteiger partial charge in [-0.1, -0.05) is 12.1 Å².